The highest BCUT2D eigenvalue weighted by molar-refractivity contribution is 6.06. The van der Waals surface area contributed by atoms with Crippen LogP contribution in [0.1, 0.15) is 18.4 Å². The number of hydrogen-bond acceptors (Lipinski definition) is 5. The Bertz CT molecular complexity index is 889. The molecule has 0 aromatic heterocycles. The number of hydrogen-bond donors (Lipinski definition) is 0. The number of likely N-dealkylation sites (tertiary alicyclic amines) is 2. The van der Waals surface area contributed by atoms with E-state index in [9.17, 15) is 14.4 Å². The molecule has 0 radical (unpaired) electrons. The molecule has 0 saturated carbocycles. The van der Waals surface area contributed by atoms with Gasteiger partial charge in [0.25, 0.3) is 0 Å². The molecule has 2 saturated heterocycles. The van der Waals surface area contributed by atoms with Gasteiger partial charge in [0.15, 0.2) is 11.5 Å². The fourth-order valence-electron chi connectivity index (χ4n) is 4.27. The number of nitrogens with zero attached hydrogens (tertiary/aromatic N) is 2. The molecule has 1 aromatic carbocycles. The molecule has 7 nitrogen and oxygen atoms in total. The Morgan fingerprint density at radius 3 is 2.39 bits per heavy atom. The van der Waals surface area contributed by atoms with Crippen LogP contribution in [0.25, 0.3) is 6.08 Å². The molecule has 1 aromatic rings. The lowest BCUT2D eigenvalue weighted by molar-refractivity contribution is -0.151. The summed E-state index contributed by atoms with van der Waals surface area (Å²) in [4.78, 5) is 40.6. The number of ether oxygens (including phenoxy) is 2. The minimum atomic E-state index is -0.215. The van der Waals surface area contributed by atoms with E-state index in [-0.39, 0.29) is 42.4 Å². The maximum absolute atomic E-state index is 12.6. The van der Waals surface area contributed by atoms with Gasteiger partial charge in [0.05, 0.1) is 17.9 Å². The Hall–Kier alpha value is -3.09. The largest absolute Gasteiger partial charge is 0.454 e. The van der Waals surface area contributed by atoms with Crippen molar-refractivity contribution in [1.82, 2.24) is 9.80 Å². The van der Waals surface area contributed by atoms with E-state index in [1.165, 1.54) is 11.0 Å². The molecular formula is C21H20N2O5. The molecule has 7 heteroatoms. The smallest absolute Gasteiger partial charge is 0.246 e. The second-order valence-corrected chi connectivity index (χ2v) is 7.55. The van der Waals surface area contributed by atoms with Crippen LogP contribution in [0.15, 0.2) is 36.4 Å². The van der Waals surface area contributed by atoms with Crippen molar-refractivity contribution in [3.63, 3.8) is 0 Å². The first-order chi connectivity index (χ1) is 13.6. The first-order valence-electron chi connectivity index (χ1n) is 9.50. The maximum atomic E-state index is 12.6. The molecule has 3 aliphatic heterocycles. The molecule has 144 valence electrons. The fourth-order valence-corrected chi connectivity index (χ4v) is 4.27. The van der Waals surface area contributed by atoms with Crippen LogP contribution in [-0.4, -0.2) is 53.4 Å². The number of imide groups is 1. The zero-order chi connectivity index (χ0) is 19.3. The van der Waals surface area contributed by atoms with Crippen molar-refractivity contribution in [3.8, 4) is 11.5 Å². The number of allylic oxidation sites excluding steroid dienone is 2. The van der Waals surface area contributed by atoms with E-state index in [0.29, 0.717) is 37.4 Å². The molecule has 4 aliphatic rings. The van der Waals surface area contributed by atoms with Crippen molar-refractivity contribution >= 4 is 23.8 Å². The van der Waals surface area contributed by atoms with Gasteiger partial charge in [-0.05, 0) is 36.6 Å². The third-order valence-corrected chi connectivity index (χ3v) is 5.90. The van der Waals surface area contributed by atoms with Crippen LogP contribution in [0.2, 0.25) is 0 Å². The summed E-state index contributed by atoms with van der Waals surface area (Å²) < 4.78 is 10.6. The van der Waals surface area contributed by atoms with Crippen LogP contribution >= 0.6 is 0 Å². The van der Waals surface area contributed by atoms with E-state index in [2.05, 4.69) is 0 Å². The highest BCUT2D eigenvalue weighted by Crippen LogP contribution is 2.37. The van der Waals surface area contributed by atoms with Gasteiger partial charge < -0.3 is 14.4 Å². The van der Waals surface area contributed by atoms with Gasteiger partial charge in [0, 0.05) is 19.2 Å². The lowest BCUT2D eigenvalue weighted by atomic mass is 9.85. The quantitative estimate of drug-likeness (QED) is 0.452. The topological polar surface area (TPSA) is 76.2 Å². The summed E-state index contributed by atoms with van der Waals surface area (Å²) in [5.74, 6) is 0.651. The average molecular weight is 380 g/mol. The van der Waals surface area contributed by atoms with Crippen LogP contribution < -0.4 is 9.47 Å². The zero-order valence-corrected chi connectivity index (χ0v) is 15.2. The summed E-state index contributed by atoms with van der Waals surface area (Å²) in [5.41, 5.74) is 0.844. The van der Waals surface area contributed by atoms with Crippen molar-refractivity contribution in [3.05, 3.63) is 42.0 Å². The summed E-state index contributed by atoms with van der Waals surface area (Å²) in [5, 5.41) is 0. The zero-order valence-electron chi connectivity index (χ0n) is 15.2. The number of fused-ring (bicyclic) bond motifs is 2. The van der Waals surface area contributed by atoms with Crippen molar-refractivity contribution in [1.29, 1.82) is 0 Å². The Balaban J connectivity index is 1.19. The highest BCUT2D eigenvalue weighted by atomic mass is 16.7. The lowest BCUT2D eigenvalue weighted by Gasteiger charge is -2.42. The van der Waals surface area contributed by atoms with E-state index in [0.717, 1.165) is 5.56 Å². The summed E-state index contributed by atoms with van der Waals surface area (Å²) >= 11 is 0. The van der Waals surface area contributed by atoms with E-state index < -0.39 is 0 Å². The molecule has 0 spiro atoms. The first-order valence-corrected chi connectivity index (χ1v) is 9.50. The molecule has 2 atom stereocenters. The highest BCUT2D eigenvalue weighted by Gasteiger charge is 2.52. The third-order valence-electron chi connectivity index (χ3n) is 5.90. The van der Waals surface area contributed by atoms with Crippen LogP contribution in [0.4, 0.5) is 0 Å². The second kappa shape index (κ2) is 6.51. The Morgan fingerprint density at radius 1 is 1.00 bits per heavy atom. The van der Waals surface area contributed by atoms with E-state index in [1.807, 2.05) is 30.4 Å². The maximum Gasteiger partial charge on any atom is 0.246 e. The Labute approximate surface area is 162 Å². The first kappa shape index (κ1) is 17.0. The van der Waals surface area contributed by atoms with Crippen molar-refractivity contribution < 1.29 is 23.9 Å². The molecule has 2 unspecified atom stereocenters. The average Bonchev–Trinajstić information content (AvgIpc) is 3.23. The molecule has 3 amide bonds. The van der Waals surface area contributed by atoms with Gasteiger partial charge in [-0.15, -0.1) is 0 Å². The van der Waals surface area contributed by atoms with Crippen LogP contribution in [-0.2, 0) is 14.4 Å². The van der Waals surface area contributed by atoms with Gasteiger partial charge in [0.2, 0.25) is 24.5 Å². The lowest BCUT2D eigenvalue weighted by Crippen LogP contribution is -2.62. The Morgan fingerprint density at radius 2 is 1.68 bits per heavy atom. The van der Waals surface area contributed by atoms with Crippen molar-refractivity contribution in [2.45, 2.75) is 18.9 Å². The minimum Gasteiger partial charge on any atom is -0.454 e. The van der Waals surface area contributed by atoms with E-state index in [1.54, 1.807) is 11.0 Å². The normalized spacial score (nSPS) is 26.1. The summed E-state index contributed by atoms with van der Waals surface area (Å²) in [6.07, 6.45) is 8.47. The monoisotopic (exact) mass is 380 g/mol. The van der Waals surface area contributed by atoms with E-state index in [4.69, 9.17) is 9.47 Å². The van der Waals surface area contributed by atoms with Gasteiger partial charge >= 0.3 is 0 Å². The molecule has 3 heterocycles. The predicted molar refractivity (Wildman–Crippen MR) is 99.2 cm³/mol. The third kappa shape index (κ3) is 2.69. The van der Waals surface area contributed by atoms with Crippen LogP contribution in [0.5, 0.6) is 11.5 Å². The van der Waals surface area contributed by atoms with E-state index >= 15 is 0 Å². The number of carbonyl (C=O) groups is 3. The predicted octanol–water partition coefficient (Wildman–Crippen LogP) is 1.59. The molecule has 1 aliphatic carbocycles. The molecular weight excluding hydrogens is 360 g/mol. The molecule has 0 bridgehead atoms. The number of rotatable bonds is 3. The van der Waals surface area contributed by atoms with Gasteiger partial charge in [-0.1, -0.05) is 18.2 Å². The van der Waals surface area contributed by atoms with Gasteiger partial charge in [-0.2, -0.15) is 0 Å². The second-order valence-electron chi connectivity index (χ2n) is 7.55. The Kier molecular flexibility index (Phi) is 3.96. The number of amides is 3. The van der Waals surface area contributed by atoms with Crippen LogP contribution in [0, 0.1) is 11.8 Å². The fraction of sp³-hybridized carbons (Fsp3) is 0.381. The molecule has 2 fully saturated rings. The number of benzene rings is 1. The molecule has 0 N–H and O–H groups in total. The van der Waals surface area contributed by atoms with Crippen molar-refractivity contribution in [2.24, 2.45) is 11.8 Å². The standard InChI is InChI=1S/C21H20N2O5/c24-19(8-6-13-5-7-17-18(9-13)28-12-27-17)22-10-14(11-22)23-20(25)15-3-1-2-4-16(15)21(23)26/h1-2,5-9,14-16H,3-4,10-12H2. The minimum absolute atomic E-state index is 0.0765. The SMILES string of the molecule is O=C(C=Cc1ccc2c(c1)OCO2)N1CC(N2C(=O)C3CC=CCC3C2=O)C1. The van der Waals surface area contributed by atoms with Gasteiger partial charge in [-0.3, -0.25) is 19.3 Å². The van der Waals surface area contributed by atoms with Gasteiger partial charge in [0.1, 0.15) is 0 Å². The molecule has 28 heavy (non-hydrogen) atoms. The molecule has 5 rings (SSSR count). The van der Waals surface area contributed by atoms with Crippen molar-refractivity contribution in [2.75, 3.05) is 19.9 Å². The number of carbonyl (C=O) groups excluding carboxylic acids is 3. The van der Waals surface area contributed by atoms with Gasteiger partial charge in [-0.25, -0.2) is 0 Å². The van der Waals surface area contributed by atoms with Crippen LogP contribution in [0.3, 0.4) is 0 Å². The summed E-state index contributed by atoms with van der Waals surface area (Å²) in [6.45, 7) is 1.01. The summed E-state index contributed by atoms with van der Waals surface area (Å²) in [6, 6.07) is 5.29. The summed E-state index contributed by atoms with van der Waals surface area (Å²) in [7, 11) is 0.